The molecule has 0 aliphatic carbocycles. The van der Waals surface area contributed by atoms with Crippen LogP contribution in [-0.4, -0.2) is 12.7 Å². The van der Waals surface area contributed by atoms with Crippen molar-refractivity contribution in [3.05, 3.63) is 25.3 Å². The van der Waals surface area contributed by atoms with Crippen LogP contribution in [0.25, 0.3) is 0 Å². The van der Waals surface area contributed by atoms with Crippen LogP contribution >= 0.6 is 0 Å². The van der Waals surface area contributed by atoms with E-state index in [0.717, 1.165) is 6.42 Å². The van der Waals surface area contributed by atoms with Crippen molar-refractivity contribution in [3.63, 3.8) is 0 Å². The SMILES string of the molecule is C=CC(C=C)(CCCCCCCCC)OC. The molecule has 0 rings (SSSR count). The van der Waals surface area contributed by atoms with Gasteiger partial charge in [0.2, 0.25) is 0 Å². The second kappa shape index (κ2) is 9.65. The molecule has 16 heavy (non-hydrogen) atoms. The van der Waals surface area contributed by atoms with Crippen LogP contribution in [0.5, 0.6) is 0 Å². The molecule has 0 N–H and O–H groups in total. The van der Waals surface area contributed by atoms with Crippen LogP contribution in [0.15, 0.2) is 25.3 Å². The Morgan fingerprint density at radius 3 is 1.88 bits per heavy atom. The van der Waals surface area contributed by atoms with E-state index in [1.165, 1.54) is 44.9 Å². The number of hydrogen-bond donors (Lipinski definition) is 0. The summed E-state index contributed by atoms with van der Waals surface area (Å²) in [5, 5.41) is 0. The van der Waals surface area contributed by atoms with Gasteiger partial charge in [-0.05, 0) is 12.8 Å². The molecule has 0 aromatic rings. The van der Waals surface area contributed by atoms with E-state index in [1.807, 2.05) is 12.2 Å². The smallest absolute Gasteiger partial charge is 0.103 e. The van der Waals surface area contributed by atoms with Crippen molar-refractivity contribution in [2.75, 3.05) is 7.11 Å². The van der Waals surface area contributed by atoms with E-state index in [-0.39, 0.29) is 5.60 Å². The van der Waals surface area contributed by atoms with Crippen molar-refractivity contribution in [1.29, 1.82) is 0 Å². The summed E-state index contributed by atoms with van der Waals surface area (Å²) in [5.74, 6) is 0. The molecule has 0 unspecified atom stereocenters. The lowest BCUT2D eigenvalue weighted by atomic mass is 9.95. The number of methoxy groups -OCH3 is 1. The number of rotatable bonds is 11. The van der Waals surface area contributed by atoms with Crippen LogP contribution in [0.3, 0.4) is 0 Å². The van der Waals surface area contributed by atoms with Crippen LogP contribution in [0.1, 0.15) is 58.3 Å². The van der Waals surface area contributed by atoms with Gasteiger partial charge in [0.05, 0.1) is 0 Å². The Bertz CT molecular complexity index is 176. The molecule has 0 heterocycles. The first kappa shape index (κ1) is 15.4. The second-order valence-electron chi connectivity index (χ2n) is 4.44. The van der Waals surface area contributed by atoms with E-state index >= 15 is 0 Å². The molecule has 0 spiro atoms. The Labute approximate surface area is 102 Å². The quantitative estimate of drug-likeness (QED) is 0.359. The highest BCUT2D eigenvalue weighted by Gasteiger charge is 2.20. The van der Waals surface area contributed by atoms with Gasteiger partial charge in [-0.25, -0.2) is 0 Å². The normalized spacial score (nSPS) is 11.4. The molecule has 0 fully saturated rings. The largest absolute Gasteiger partial charge is 0.370 e. The van der Waals surface area contributed by atoms with Crippen molar-refractivity contribution in [2.24, 2.45) is 0 Å². The lowest BCUT2D eigenvalue weighted by Gasteiger charge is -2.24. The average molecular weight is 224 g/mol. The molecule has 0 radical (unpaired) electrons. The minimum absolute atomic E-state index is 0.302. The monoisotopic (exact) mass is 224 g/mol. The summed E-state index contributed by atoms with van der Waals surface area (Å²) in [6.45, 7) is 9.89. The Hall–Kier alpha value is -0.560. The predicted octanol–water partition coefficient (Wildman–Crippen LogP) is 4.88. The molecule has 0 aromatic heterocycles. The van der Waals surface area contributed by atoms with Crippen LogP contribution in [0.2, 0.25) is 0 Å². The Balaban J connectivity index is 3.55. The molecule has 1 nitrogen and oxygen atoms in total. The van der Waals surface area contributed by atoms with E-state index in [9.17, 15) is 0 Å². The molecular formula is C15H28O. The highest BCUT2D eigenvalue weighted by Crippen LogP contribution is 2.22. The second-order valence-corrected chi connectivity index (χ2v) is 4.44. The highest BCUT2D eigenvalue weighted by atomic mass is 16.5. The van der Waals surface area contributed by atoms with Gasteiger partial charge < -0.3 is 4.74 Å². The lowest BCUT2D eigenvalue weighted by molar-refractivity contribution is 0.0648. The fourth-order valence-corrected chi connectivity index (χ4v) is 1.91. The molecule has 94 valence electrons. The average Bonchev–Trinajstić information content (AvgIpc) is 2.34. The lowest BCUT2D eigenvalue weighted by Crippen LogP contribution is -2.25. The van der Waals surface area contributed by atoms with Gasteiger partial charge in [0.1, 0.15) is 5.60 Å². The molecule has 0 saturated carbocycles. The first-order valence-electron chi connectivity index (χ1n) is 6.57. The molecular weight excluding hydrogens is 196 g/mol. The summed E-state index contributed by atoms with van der Waals surface area (Å²) in [6, 6.07) is 0. The van der Waals surface area contributed by atoms with Gasteiger partial charge in [0.25, 0.3) is 0 Å². The van der Waals surface area contributed by atoms with Crippen molar-refractivity contribution in [1.82, 2.24) is 0 Å². The van der Waals surface area contributed by atoms with Gasteiger partial charge >= 0.3 is 0 Å². The zero-order valence-electron chi connectivity index (χ0n) is 11.1. The number of ether oxygens (including phenoxy) is 1. The van der Waals surface area contributed by atoms with E-state index in [2.05, 4.69) is 20.1 Å². The van der Waals surface area contributed by atoms with Crippen LogP contribution in [0.4, 0.5) is 0 Å². The van der Waals surface area contributed by atoms with Gasteiger partial charge in [-0.15, -0.1) is 0 Å². The third-order valence-electron chi connectivity index (χ3n) is 3.24. The molecule has 0 saturated heterocycles. The maximum absolute atomic E-state index is 5.45. The summed E-state index contributed by atoms with van der Waals surface area (Å²) >= 11 is 0. The zero-order valence-corrected chi connectivity index (χ0v) is 11.1. The van der Waals surface area contributed by atoms with E-state index in [4.69, 9.17) is 4.74 Å². The molecule has 0 bridgehead atoms. The summed E-state index contributed by atoms with van der Waals surface area (Å²) in [5.41, 5.74) is -0.302. The minimum Gasteiger partial charge on any atom is -0.370 e. The summed E-state index contributed by atoms with van der Waals surface area (Å²) in [6.07, 6.45) is 14.0. The van der Waals surface area contributed by atoms with Gasteiger partial charge in [0, 0.05) is 7.11 Å². The third kappa shape index (κ3) is 6.12. The fourth-order valence-electron chi connectivity index (χ4n) is 1.91. The standard InChI is InChI=1S/C15H28O/c1-5-8-9-10-11-12-13-14-15(6-2,7-3)16-4/h6-7H,2-3,5,8-14H2,1,4H3. The van der Waals surface area contributed by atoms with Gasteiger partial charge in [-0.2, -0.15) is 0 Å². The van der Waals surface area contributed by atoms with Crippen LogP contribution < -0.4 is 0 Å². The molecule has 0 aliphatic rings. The summed E-state index contributed by atoms with van der Waals surface area (Å²) < 4.78 is 5.45. The van der Waals surface area contributed by atoms with Crippen molar-refractivity contribution in [2.45, 2.75) is 63.9 Å². The molecule has 0 atom stereocenters. The first-order chi connectivity index (χ1) is 7.74. The Morgan fingerprint density at radius 1 is 0.938 bits per heavy atom. The molecule has 0 aliphatic heterocycles. The van der Waals surface area contributed by atoms with Crippen LogP contribution in [0, 0.1) is 0 Å². The third-order valence-corrected chi connectivity index (χ3v) is 3.24. The zero-order chi connectivity index (χ0) is 12.3. The summed E-state index contributed by atoms with van der Waals surface area (Å²) in [4.78, 5) is 0. The Morgan fingerprint density at radius 2 is 1.44 bits per heavy atom. The minimum atomic E-state index is -0.302. The molecule has 0 amide bonds. The number of unbranched alkanes of at least 4 members (excludes halogenated alkanes) is 6. The Kier molecular flexibility index (Phi) is 9.31. The van der Waals surface area contributed by atoms with E-state index < -0.39 is 0 Å². The van der Waals surface area contributed by atoms with E-state index in [0.29, 0.717) is 0 Å². The topological polar surface area (TPSA) is 9.23 Å². The van der Waals surface area contributed by atoms with Crippen molar-refractivity contribution >= 4 is 0 Å². The summed E-state index contributed by atoms with van der Waals surface area (Å²) in [7, 11) is 1.73. The van der Waals surface area contributed by atoms with Gasteiger partial charge in [0.15, 0.2) is 0 Å². The first-order valence-corrected chi connectivity index (χ1v) is 6.57. The maximum atomic E-state index is 5.45. The van der Waals surface area contributed by atoms with Gasteiger partial charge in [-0.3, -0.25) is 0 Å². The molecule has 0 aromatic carbocycles. The molecule has 1 heteroatoms. The van der Waals surface area contributed by atoms with Crippen molar-refractivity contribution < 1.29 is 4.74 Å². The number of hydrogen-bond acceptors (Lipinski definition) is 1. The highest BCUT2D eigenvalue weighted by molar-refractivity contribution is 5.09. The maximum Gasteiger partial charge on any atom is 0.103 e. The predicted molar refractivity (Wildman–Crippen MR) is 72.7 cm³/mol. The van der Waals surface area contributed by atoms with Gasteiger partial charge in [-0.1, -0.05) is 70.8 Å². The fraction of sp³-hybridized carbons (Fsp3) is 0.733. The van der Waals surface area contributed by atoms with E-state index in [1.54, 1.807) is 7.11 Å². The van der Waals surface area contributed by atoms with Crippen LogP contribution in [-0.2, 0) is 4.74 Å². The van der Waals surface area contributed by atoms with Crippen molar-refractivity contribution in [3.8, 4) is 0 Å².